The molecule has 3 heterocycles. The Kier molecular flexibility index (Phi) is 4.49. The zero-order chi connectivity index (χ0) is 16.4. The van der Waals surface area contributed by atoms with Gasteiger partial charge in [-0.3, -0.25) is 14.4 Å². The molecular weight excluding hydrogens is 302 g/mol. The first-order valence-corrected chi connectivity index (χ1v) is 8.18. The normalized spacial score (nSPS) is 23.7. The van der Waals surface area contributed by atoms with Gasteiger partial charge in [0.15, 0.2) is 0 Å². The van der Waals surface area contributed by atoms with Crippen LogP contribution in [0.1, 0.15) is 44.9 Å². The second kappa shape index (κ2) is 6.55. The van der Waals surface area contributed by atoms with E-state index in [0.717, 1.165) is 19.4 Å². The minimum absolute atomic E-state index is 0.0886. The second-order valence-corrected chi connectivity index (χ2v) is 6.20. The van der Waals surface area contributed by atoms with Crippen LogP contribution < -0.4 is 0 Å². The zero-order valence-electron chi connectivity index (χ0n) is 13.0. The molecule has 0 spiro atoms. The van der Waals surface area contributed by atoms with E-state index >= 15 is 0 Å². The molecule has 8 nitrogen and oxygen atoms in total. The highest BCUT2D eigenvalue weighted by atomic mass is 16.7. The minimum atomic E-state index is -0.669. The van der Waals surface area contributed by atoms with Crippen LogP contribution in [0.4, 0.5) is 4.79 Å². The van der Waals surface area contributed by atoms with Gasteiger partial charge in [-0.25, -0.2) is 4.79 Å². The molecule has 126 valence electrons. The monoisotopic (exact) mass is 323 g/mol. The number of rotatable bonds is 2. The number of hydrogen-bond acceptors (Lipinski definition) is 5. The molecule has 4 amide bonds. The van der Waals surface area contributed by atoms with Crippen molar-refractivity contribution in [3.8, 4) is 0 Å². The summed E-state index contributed by atoms with van der Waals surface area (Å²) in [7, 11) is 0. The summed E-state index contributed by atoms with van der Waals surface area (Å²) >= 11 is 0. The highest BCUT2D eigenvalue weighted by molar-refractivity contribution is 6.01. The Hall–Kier alpha value is -2.12. The van der Waals surface area contributed by atoms with Crippen molar-refractivity contribution in [3.05, 3.63) is 0 Å². The third kappa shape index (κ3) is 3.30. The smallest absolute Gasteiger partial charge is 0.340 e. The van der Waals surface area contributed by atoms with Gasteiger partial charge in [0.25, 0.3) is 11.8 Å². The summed E-state index contributed by atoms with van der Waals surface area (Å²) in [5.41, 5.74) is 0. The number of amides is 4. The van der Waals surface area contributed by atoms with Gasteiger partial charge in [-0.2, -0.15) is 0 Å². The quantitative estimate of drug-likeness (QED) is 0.697. The highest BCUT2D eigenvalue weighted by Crippen LogP contribution is 2.22. The number of piperidine rings is 2. The predicted molar refractivity (Wildman–Crippen MR) is 77.7 cm³/mol. The molecule has 23 heavy (non-hydrogen) atoms. The molecule has 3 aliphatic heterocycles. The first kappa shape index (κ1) is 15.8. The summed E-state index contributed by atoms with van der Waals surface area (Å²) in [5.74, 6) is -0.750. The Morgan fingerprint density at radius 2 is 1.52 bits per heavy atom. The largest absolute Gasteiger partial charge is 0.434 e. The molecule has 0 saturated carbocycles. The molecule has 0 bridgehead atoms. The van der Waals surface area contributed by atoms with Crippen molar-refractivity contribution in [2.24, 2.45) is 0 Å². The molecule has 3 aliphatic rings. The second-order valence-electron chi connectivity index (χ2n) is 6.20. The third-order valence-corrected chi connectivity index (χ3v) is 4.70. The number of nitrogens with zero attached hydrogens (tertiary/aromatic N) is 3. The average molecular weight is 323 g/mol. The topological polar surface area (TPSA) is 87.2 Å². The summed E-state index contributed by atoms with van der Waals surface area (Å²) in [6.45, 7) is 1.72. The van der Waals surface area contributed by atoms with E-state index in [-0.39, 0.29) is 24.8 Å². The fourth-order valence-electron chi connectivity index (χ4n) is 3.37. The standard InChI is InChI=1S/C15H21N3O5/c19-12-3-1-2-8-17(12)11-6-9-16(10-7-11)15(22)23-18-13(20)4-5-14(18)21/h11H,1-10H2. The van der Waals surface area contributed by atoms with Crippen molar-refractivity contribution in [1.82, 2.24) is 14.9 Å². The Bertz CT molecular complexity index is 511. The summed E-state index contributed by atoms with van der Waals surface area (Å²) < 4.78 is 0. The van der Waals surface area contributed by atoms with E-state index in [0.29, 0.717) is 37.4 Å². The van der Waals surface area contributed by atoms with E-state index in [4.69, 9.17) is 4.84 Å². The lowest BCUT2D eigenvalue weighted by molar-refractivity contribution is -0.174. The van der Waals surface area contributed by atoms with Crippen LogP contribution in [0.2, 0.25) is 0 Å². The van der Waals surface area contributed by atoms with Gasteiger partial charge in [0, 0.05) is 44.9 Å². The molecule has 3 rings (SSSR count). The molecule has 0 unspecified atom stereocenters. The Balaban J connectivity index is 1.50. The number of carbonyl (C=O) groups is 4. The summed E-state index contributed by atoms with van der Waals surface area (Å²) in [5, 5.41) is 0.572. The van der Waals surface area contributed by atoms with Gasteiger partial charge in [-0.15, -0.1) is 5.06 Å². The fraction of sp³-hybridized carbons (Fsp3) is 0.733. The van der Waals surface area contributed by atoms with Crippen molar-refractivity contribution in [3.63, 3.8) is 0 Å². The van der Waals surface area contributed by atoms with Crippen molar-refractivity contribution >= 4 is 23.8 Å². The summed E-state index contributed by atoms with van der Waals surface area (Å²) in [6, 6.07) is 0.168. The molecule has 0 aliphatic carbocycles. The number of hydroxylamine groups is 2. The van der Waals surface area contributed by atoms with Gasteiger partial charge >= 0.3 is 6.09 Å². The van der Waals surface area contributed by atoms with Crippen molar-refractivity contribution in [2.75, 3.05) is 19.6 Å². The molecule has 0 radical (unpaired) electrons. The van der Waals surface area contributed by atoms with Gasteiger partial charge in [-0.05, 0) is 25.7 Å². The van der Waals surface area contributed by atoms with E-state index in [2.05, 4.69) is 0 Å². The molecule has 8 heteroatoms. The maximum Gasteiger partial charge on any atom is 0.434 e. The molecule has 0 atom stereocenters. The minimum Gasteiger partial charge on any atom is -0.340 e. The van der Waals surface area contributed by atoms with E-state index < -0.39 is 17.9 Å². The van der Waals surface area contributed by atoms with Gasteiger partial charge < -0.3 is 14.6 Å². The van der Waals surface area contributed by atoms with Crippen LogP contribution in [-0.2, 0) is 19.2 Å². The first-order valence-electron chi connectivity index (χ1n) is 8.18. The summed E-state index contributed by atoms with van der Waals surface area (Å²) in [4.78, 5) is 55.3. The third-order valence-electron chi connectivity index (χ3n) is 4.70. The van der Waals surface area contributed by atoms with Crippen molar-refractivity contribution < 1.29 is 24.0 Å². The molecule has 3 saturated heterocycles. The zero-order valence-corrected chi connectivity index (χ0v) is 13.0. The number of hydrogen-bond donors (Lipinski definition) is 0. The Morgan fingerprint density at radius 3 is 2.13 bits per heavy atom. The highest BCUT2D eigenvalue weighted by Gasteiger charge is 2.36. The Labute approximate surface area is 134 Å². The predicted octanol–water partition coefficient (Wildman–Crippen LogP) is 0.664. The number of imide groups is 1. The van der Waals surface area contributed by atoms with Crippen LogP contribution in [0.5, 0.6) is 0 Å². The fourth-order valence-corrected chi connectivity index (χ4v) is 3.37. The maximum absolute atomic E-state index is 12.1. The van der Waals surface area contributed by atoms with Crippen molar-refractivity contribution in [2.45, 2.75) is 51.0 Å². The Morgan fingerprint density at radius 1 is 0.870 bits per heavy atom. The lowest BCUT2D eigenvalue weighted by Gasteiger charge is -2.39. The number of carbonyl (C=O) groups excluding carboxylic acids is 4. The first-order chi connectivity index (χ1) is 11.1. The van der Waals surface area contributed by atoms with Gasteiger partial charge in [0.2, 0.25) is 5.91 Å². The molecule has 0 N–H and O–H groups in total. The summed E-state index contributed by atoms with van der Waals surface area (Å²) in [6.07, 6.45) is 3.51. The average Bonchev–Trinajstić information content (AvgIpc) is 2.87. The molecular formula is C15H21N3O5. The van der Waals surface area contributed by atoms with Crippen LogP contribution >= 0.6 is 0 Å². The SMILES string of the molecule is O=C(ON1C(=O)CCC1=O)N1CCC(N2CCCCC2=O)CC1. The van der Waals surface area contributed by atoms with Crippen LogP contribution in [0, 0.1) is 0 Å². The molecule has 0 aromatic rings. The van der Waals surface area contributed by atoms with Crippen LogP contribution in [0.25, 0.3) is 0 Å². The van der Waals surface area contributed by atoms with E-state index in [1.807, 2.05) is 4.90 Å². The van der Waals surface area contributed by atoms with Gasteiger partial charge in [-0.1, -0.05) is 0 Å². The molecule has 0 aromatic carbocycles. The molecule has 0 aromatic heterocycles. The van der Waals surface area contributed by atoms with Gasteiger partial charge in [0.05, 0.1) is 0 Å². The number of likely N-dealkylation sites (tertiary alicyclic amines) is 2. The van der Waals surface area contributed by atoms with Gasteiger partial charge in [0.1, 0.15) is 0 Å². The lowest BCUT2D eigenvalue weighted by atomic mass is 10.00. The van der Waals surface area contributed by atoms with Crippen molar-refractivity contribution in [1.29, 1.82) is 0 Å². The van der Waals surface area contributed by atoms with Crippen LogP contribution in [0.15, 0.2) is 0 Å². The molecule has 3 fully saturated rings. The van der Waals surface area contributed by atoms with Crippen LogP contribution in [0.3, 0.4) is 0 Å². The van der Waals surface area contributed by atoms with E-state index in [1.54, 1.807) is 0 Å². The van der Waals surface area contributed by atoms with E-state index in [9.17, 15) is 19.2 Å². The van der Waals surface area contributed by atoms with E-state index in [1.165, 1.54) is 4.90 Å². The maximum atomic E-state index is 12.1. The van der Waals surface area contributed by atoms with Crippen LogP contribution in [-0.4, -0.2) is 64.4 Å². The lowest BCUT2D eigenvalue weighted by Crippen LogP contribution is -2.51.